The van der Waals surface area contributed by atoms with Crippen LogP contribution >= 0.6 is 11.3 Å². The normalized spacial score (nSPS) is 16.4. The summed E-state index contributed by atoms with van der Waals surface area (Å²) in [6.45, 7) is 3.59. The first-order valence-corrected chi connectivity index (χ1v) is 4.35. The lowest BCUT2D eigenvalue weighted by Crippen LogP contribution is -2.23. The molecule has 2 atom stereocenters. The molecule has 0 radical (unpaired) electrons. The average molecular weight is 172 g/mol. The molecule has 0 fully saturated rings. The minimum atomic E-state index is -0.531. The molecule has 3 N–H and O–H groups in total. The lowest BCUT2D eigenvalue weighted by atomic mass is 10.1. The molecule has 0 amide bonds. The van der Waals surface area contributed by atoms with Gasteiger partial charge in [0, 0.05) is 5.38 Å². The van der Waals surface area contributed by atoms with Crippen molar-refractivity contribution in [2.75, 3.05) is 0 Å². The average Bonchev–Trinajstić information content (AvgIpc) is 2.34. The van der Waals surface area contributed by atoms with Crippen molar-refractivity contribution in [3.63, 3.8) is 0 Å². The molecule has 0 aliphatic rings. The third-order valence-corrected chi connectivity index (χ3v) is 2.29. The van der Waals surface area contributed by atoms with Gasteiger partial charge in [-0.15, -0.1) is 11.3 Å². The molecule has 1 rings (SSSR count). The summed E-state index contributed by atoms with van der Waals surface area (Å²) in [5.41, 5.74) is 6.43. The highest BCUT2D eigenvalue weighted by Gasteiger charge is 2.13. The highest BCUT2D eigenvalue weighted by Crippen LogP contribution is 2.16. The van der Waals surface area contributed by atoms with E-state index in [4.69, 9.17) is 10.8 Å². The van der Waals surface area contributed by atoms with Gasteiger partial charge in [-0.05, 0) is 13.8 Å². The van der Waals surface area contributed by atoms with Gasteiger partial charge in [-0.25, -0.2) is 4.98 Å². The number of nitrogens with two attached hydrogens (primary N) is 1. The second kappa shape index (κ2) is 3.30. The highest BCUT2D eigenvalue weighted by atomic mass is 32.1. The lowest BCUT2D eigenvalue weighted by molar-refractivity contribution is 0.163. The van der Waals surface area contributed by atoms with Crippen molar-refractivity contribution >= 4 is 11.3 Å². The molecule has 1 aromatic rings. The van der Waals surface area contributed by atoms with Crippen LogP contribution in [0.2, 0.25) is 0 Å². The number of nitrogens with zero attached hydrogens (tertiary/aromatic N) is 1. The second-order valence-corrected chi connectivity index (χ2v) is 3.62. The number of thiazole rings is 1. The fourth-order valence-corrected chi connectivity index (χ4v) is 1.44. The number of aliphatic hydroxyl groups excluding tert-OH is 1. The molecule has 1 heterocycles. The predicted octanol–water partition coefficient (Wildman–Crippen LogP) is 0.832. The van der Waals surface area contributed by atoms with Gasteiger partial charge in [0.2, 0.25) is 0 Å². The fourth-order valence-electron chi connectivity index (χ4n) is 0.780. The van der Waals surface area contributed by atoms with E-state index < -0.39 is 6.10 Å². The van der Waals surface area contributed by atoms with Crippen LogP contribution in [0.25, 0.3) is 0 Å². The van der Waals surface area contributed by atoms with Crippen LogP contribution in [-0.4, -0.2) is 16.2 Å². The zero-order valence-electron chi connectivity index (χ0n) is 6.61. The van der Waals surface area contributed by atoms with E-state index in [0.29, 0.717) is 0 Å². The van der Waals surface area contributed by atoms with E-state index in [2.05, 4.69) is 4.98 Å². The Kier molecular flexibility index (Phi) is 2.59. The first-order valence-electron chi connectivity index (χ1n) is 3.47. The maximum absolute atomic E-state index is 9.12. The van der Waals surface area contributed by atoms with Gasteiger partial charge in [0.25, 0.3) is 0 Å². The summed E-state index contributed by atoms with van der Waals surface area (Å²) in [6, 6.07) is -0.347. The van der Waals surface area contributed by atoms with Crippen LogP contribution in [0.1, 0.15) is 23.7 Å². The maximum Gasteiger partial charge on any atom is 0.0898 e. The molecule has 62 valence electrons. The number of hydrogen-bond donors (Lipinski definition) is 2. The molecule has 0 spiro atoms. The summed E-state index contributed by atoms with van der Waals surface area (Å²) in [7, 11) is 0. The van der Waals surface area contributed by atoms with Gasteiger partial charge in [0.1, 0.15) is 0 Å². The van der Waals surface area contributed by atoms with Gasteiger partial charge < -0.3 is 10.8 Å². The molecule has 0 saturated carbocycles. The van der Waals surface area contributed by atoms with Crippen LogP contribution in [0.4, 0.5) is 0 Å². The summed E-state index contributed by atoms with van der Waals surface area (Å²) < 4.78 is 0. The standard InChI is InChI=1S/C7H12N2OS/c1-4(10)7(8)6-3-11-5(2)9-6/h3-4,7,10H,8H2,1-2H3/t4-,7+/m1/s1. The Balaban J connectivity index is 2.76. The summed E-state index contributed by atoms with van der Waals surface area (Å²) in [6.07, 6.45) is -0.531. The molecule has 0 aliphatic heterocycles. The SMILES string of the molecule is Cc1nc([C@@H](N)[C@@H](C)O)cs1. The monoisotopic (exact) mass is 172 g/mol. The molecule has 4 heteroatoms. The fraction of sp³-hybridized carbons (Fsp3) is 0.571. The molecule has 0 saturated heterocycles. The number of aliphatic hydroxyl groups is 1. The quantitative estimate of drug-likeness (QED) is 0.694. The Morgan fingerprint density at radius 2 is 2.36 bits per heavy atom. The third kappa shape index (κ3) is 1.99. The third-order valence-electron chi connectivity index (χ3n) is 1.50. The molecular weight excluding hydrogens is 160 g/mol. The summed E-state index contributed by atoms with van der Waals surface area (Å²) in [4.78, 5) is 4.17. The minimum absolute atomic E-state index is 0.347. The molecule has 0 aliphatic carbocycles. The van der Waals surface area contributed by atoms with E-state index in [-0.39, 0.29) is 6.04 Å². The first-order chi connectivity index (χ1) is 5.11. The van der Waals surface area contributed by atoms with Crippen LogP contribution in [-0.2, 0) is 0 Å². The minimum Gasteiger partial charge on any atom is -0.391 e. The van der Waals surface area contributed by atoms with Crippen LogP contribution in [0.3, 0.4) is 0 Å². The van der Waals surface area contributed by atoms with E-state index in [1.165, 1.54) is 0 Å². The highest BCUT2D eigenvalue weighted by molar-refractivity contribution is 7.09. The van der Waals surface area contributed by atoms with Crippen LogP contribution in [0.5, 0.6) is 0 Å². The summed E-state index contributed by atoms with van der Waals surface area (Å²) in [5.74, 6) is 0. The molecule has 1 aromatic heterocycles. The Morgan fingerprint density at radius 1 is 1.73 bits per heavy atom. The maximum atomic E-state index is 9.12. The zero-order chi connectivity index (χ0) is 8.43. The van der Waals surface area contributed by atoms with Crippen LogP contribution in [0.15, 0.2) is 5.38 Å². The van der Waals surface area contributed by atoms with Gasteiger partial charge in [-0.2, -0.15) is 0 Å². The topological polar surface area (TPSA) is 59.1 Å². The molecule has 0 bridgehead atoms. The number of aryl methyl sites for hydroxylation is 1. The molecule has 0 unspecified atom stereocenters. The molecular formula is C7H12N2OS. The van der Waals surface area contributed by atoms with Gasteiger partial charge in [-0.3, -0.25) is 0 Å². The Labute approximate surface area is 69.9 Å². The van der Waals surface area contributed by atoms with Crippen molar-refractivity contribution in [2.45, 2.75) is 26.0 Å². The molecule has 0 aromatic carbocycles. The number of hydrogen-bond acceptors (Lipinski definition) is 4. The first kappa shape index (κ1) is 8.64. The Bertz CT molecular complexity index is 234. The largest absolute Gasteiger partial charge is 0.391 e. The van der Waals surface area contributed by atoms with E-state index >= 15 is 0 Å². The van der Waals surface area contributed by atoms with E-state index in [9.17, 15) is 0 Å². The molecule has 3 nitrogen and oxygen atoms in total. The van der Waals surface area contributed by atoms with Gasteiger partial charge in [-0.1, -0.05) is 0 Å². The van der Waals surface area contributed by atoms with Crippen LogP contribution < -0.4 is 5.73 Å². The van der Waals surface area contributed by atoms with Crippen molar-refractivity contribution in [1.29, 1.82) is 0 Å². The van der Waals surface area contributed by atoms with Crippen molar-refractivity contribution < 1.29 is 5.11 Å². The van der Waals surface area contributed by atoms with E-state index in [0.717, 1.165) is 10.7 Å². The summed E-state index contributed by atoms with van der Waals surface area (Å²) >= 11 is 1.55. The van der Waals surface area contributed by atoms with Crippen molar-refractivity contribution in [3.8, 4) is 0 Å². The smallest absolute Gasteiger partial charge is 0.0898 e. The van der Waals surface area contributed by atoms with Crippen molar-refractivity contribution in [1.82, 2.24) is 4.98 Å². The van der Waals surface area contributed by atoms with E-state index in [1.807, 2.05) is 12.3 Å². The zero-order valence-corrected chi connectivity index (χ0v) is 7.43. The lowest BCUT2D eigenvalue weighted by Gasteiger charge is -2.10. The van der Waals surface area contributed by atoms with Crippen LogP contribution in [0, 0.1) is 6.92 Å². The predicted molar refractivity (Wildman–Crippen MR) is 45.5 cm³/mol. The van der Waals surface area contributed by atoms with E-state index in [1.54, 1.807) is 18.3 Å². The molecule has 11 heavy (non-hydrogen) atoms. The summed E-state index contributed by atoms with van der Waals surface area (Å²) in [5, 5.41) is 12.0. The Morgan fingerprint density at radius 3 is 2.73 bits per heavy atom. The van der Waals surface area contributed by atoms with Gasteiger partial charge >= 0.3 is 0 Å². The van der Waals surface area contributed by atoms with Crippen molar-refractivity contribution in [3.05, 3.63) is 16.1 Å². The number of aromatic nitrogens is 1. The number of rotatable bonds is 2. The van der Waals surface area contributed by atoms with Gasteiger partial charge in [0.15, 0.2) is 0 Å². The van der Waals surface area contributed by atoms with Crippen molar-refractivity contribution in [2.24, 2.45) is 5.73 Å². The van der Waals surface area contributed by atoms with Gasteiger partial charge in [0.05, 0.1) is 22.8 Å². The second-order valence-electron chi connectivity index (χ2n) is 2.56. The Hall–Kier alpha value is -0.450.